The van der Waals surface area contributed by atoms with Crippen LogP contribution in [0.4, 0.5) is 4.39 Å². The Balaban J connectivity index is 1.67. The van der Waals surface area contributed by atoms with Crippen molar-refractivity contribution in [3.8, 4) is 0 Å². The zero-order valence-corrected chi connectivity index (χ0v) is 12.5. The summed E-state index contributed by atoms with van der Waals surface area (Å²) in [6.07, 6.45) is 0.610. The van der Waals surface area contributed by atoms with Crippen molar-refractivity contribution in [3.05, 3.63) is 70.0 Å². The Kier molecular flexibility index (Phi) is 3.97. The molecule has 0 aliphatic carbocycles. The lowest BCUT2D eigenvalue weighted by Crippen LogP contribution is -2.25. The Morgan fingerprint density at radius 1 is 1.22 bits per heavy atom. The van der Waals surface area contributed by atoms with Crippen LogP contribution in [0.5, 0.6) is 0 Å². The van der Waals surface area contributed by atoms with Crippen molar-refractivity contribution in [2.75, 3.05) is 6.54 Å². The molecule has 0 atom stereocenters. The third-order valence-electron chi connectivity index (χ3n) is 3.67. The molecule has 5 nitrogen and oxygen atoms in total. The summed E-state index contributed by atoms with van der Waals surface area (Å²) in [5.74, 6) is -0.978. The highest BCUT2D eigenvalue weighted by atomic mass is 19.1. The zero-order valence-electron chi connectivity index (χ0n) is 12.5. The molecule has 0 saturated carbocycles. The molecule has 0 fully saturated rings. The molecule has 1 amide bonds. The number of hydrogen-bond acceptors (Lipinski definition) is 3. The molecular formula is C17H15FN2O3. The van der Waals surface area contributed by atoms with E-state index in [-0.39, 0.29) is 11.7 Å². The van der Waals surface area contributed by atoms with Crippen LogP contribution in [0, 0.1) is 5.82 Å². The molecule has 3 rings (SSSR count). The first kappa shape index (κ1) is 15.0. The second-order valence-electron chi connectivity index (χ2n) is 5.24. The van der Waals surface area contributed by atoms with Gasteiger partial charge in [0.05, 0.1) is 5.52 Å². The van der Waals surface area contributed by atoms with Gasteiger partial charge in [-0.1, -0.05) is 12.1 Å². The van der Waals surface area contributed by atoms with Gasteiger partial charge in [-0.15, -0.1) is 0 Å². The Morgan fingerprint density at radius 2 is 1.96 bits per heavy atom. The number of halogens is 1. The summed E-state index contributed by atoms with van der Waals surface area (Å²) in [7, 11) is 1.59. The number of carbonyl (C=O) groups is 1. The predicted molar refractivity (Wildman–Crippen MR) is 83.9 cm³/mol. The first-order valence-electron chi connectivity index (χ1n) is 7.17. The normalized spacial score (nSPS) is 10.9. The summed E-state index contributed by atoms with van der Waals surface area (Å²) < 4.78 is 19.2. The van der Waals surface area contributed by atoms with Crippen molar-refractivity contribution >= 4 is 17.0 Å². The predicted octanol–water partition coefficient (Wildman–Crippen LogP) is 2.24. The van der Waals surface area contributed by atoms with Crippen LogP contribution in [0.15, 0.2) is 51.7 Å². The van der Waals surface area contributed by atoms with Crippen LogP contribution in [0.3, 0.4) is 0 Å². The highest BCUT2D eigenvalue weighted by Crippen LogP contribution is 2.14. The molecule has 1 aromatic heterocycles. The van der Waals surface area contributed by atoms with E-state index in [0.29, 0.717) is 29.6 Å². The molecule has 2 aromatic carbocycles. The van der Waals surface area contributed by atoms with Crippen molar-refractivity contribution < 1.29 is 13.6 Å². The Bertz CT molecular complexity index is 910. The van der Waals surface area contributed by atoms with Gasteiger partial charge in [0.15, 0.2) is 5.58 Å². The standard InChI is InChI=1S/C17H15FN2O3/c1-20-14-10-12(4-7-15(14)23-17(20)22)16(21)19-9-8-11-2-5-13(18)6-3-11/h2-7,10H,8-9H2,1H3,(H,19,21). The molecule has 0 saturated heterocycles. The number of benzene rings is 2. The third-order valence-corrected chi connectivity index (χ3v) is 3.67. The van der Waals surface area contributed by atoms with Crippen LogP contribution >= 0.6 is 0 Å². The number of aromatic nitrogens is 1. The minimum absolute atomic E-state index is 0.234. The number of oxazole rings is 1. The van der Waals surface area contributed by atoms with E-state index < -0.39 is 5.76 Å². The molecular weight excluding hydrogens is 299 g/mol. The fraction of sp³-hybridized carbons (Fsp3) is 0.176. The maximum absolute atomic E-state index is 12.8. The van der Waals surface area contributed by atoms with Crippen molar-refractivity contribution in [2.24, 2.45) is 7.05 Å². The van der Waals surface area contributed by atoms with E-state index in [1.807, 2.05) is 0 Å². The van der Waals surface area contributed by atoms with Crippen LogP contribution in [0.25, 0.3) is 11.1 Å². The van der Waals surface area contributed by atoms with Gasteiger partial charge in [0.1, 0.15) is 5.82 Å². The number of fused-ring (bicyclic) bond motifs is 1. The molecule has 23 heavy (non-hydrogen) atoms. The number of carbonyl (C=O) groups excluding carboxylic acids is 1. The number of nitrogens with zero attached hydrogens (tertiary/aromatic N) is 1. The SMILES string of the molecule is Cn1c(=O)oc2ccc(C(=O)NCCc3ccc(F)cc3)cc21. The quantitative estimate of drug-likeness (QED) is 0.803. The van der Waals surface area contributed by atoms with Crippen molar-refractivity contribution in [1.82, 2.24) is 9.88 Å². The summed E-state index contributed by atoms with van der Waals surface area (Å²) in [5.41, 5.74) is 2.41. The Morgan fingerprint density at radius 3 is 2.70 bits per heavy atom. The average Bonchev–Trinajstić information content (AvgIpc) is 2.83. The molecule has 0 unspecified atom stereocenters. The van der Waals surface area contributed by atoms with Crippen molar-refractivity contribution in [1.29, 1.82) is 0 Å². The van der Waals surface area contributed by atoms with Gasteiger partial charge < -0.3 is 9.73 Å². The number of nitrogens with one attached hydrogen (secondary N) is 1. The number of amides is 1. The molecule has 0 radical (unpaired) electrons. The third kappa shape index (κ3) is 3.15. The number of rotatable bonds is 4. The van der Waals surface area contributed by atoms with Crippen molar-refractivity contribution in [3.63, 3.8) is 0 Å². The molecule has 118 valence electrons. The molecule has 6 heteroatoms. The van der Waals surface area contributed by atoms with Gasteiger partial charge in [-0.05, 0) is 42.3 Å². The Labute approximate surface area is 131 Å². The molecule has 1 heterocycles. The average molecular weight is 314 g/mol. The second-order valence-corrected chi connectivity index (χ2v) is 5.24. The maximum atomic E-state index is 12.8. The van der Waals surface area contributed by atoms with E-state index in [4.69, 9.17) is 4.42 Å². The summed E-state index contributed by atoms with van der Waals surface area (Å²) in [6.45, 7) is 0.437. The molecule has 0 bridgehead atoms. The minimum atomic E-state index is -0.464. The lowest BCUT2D eigenvalue weighted by atomic mass is 10.1. The van der Waals surface area contributed by atoms with Gasteiger partial charge in [0, 0.05) is 19.2 Å². The highest BCUT2D eigenvalue weighted by molar-refractivity contribution is 5.97. The Hall–Kier alpha value is -2.89. The monoisotopic (exact) mass is 314 g/mol. The molecule has 0 aliphatic rings. The summed E-state index contributed by atoms with van der Waals surface area (Å²) in [4.78, 5) is 23.6. The van der Waals surface area contributed by atoms with Gasteiger partial charge in [0.25, 0.3) is 5.91 Å². The molecule has 3 aromatic rings. The first-order chi connectivity index (χ1) is 11.0. The fourth-order valence-electron chi connectivity index (χ4n) is 2.34. The highest BCUT2D eigenvalue weighted by Gasteiger charge is 2.10. The molecule has 0 spiro atoms. The van der Waals surface area contributed by atoms with Crippen LogP contribution < -0.4 is 11.1 Å². The fourth-order valence-corrected chi connectivity index (χ4v) is 2.34. The van der Waals surface area contributed by atoms with Crippen LogP contribution in [-0.4, -0.2) is 17.0 Å². The van der Waals surface area contributed by atoms with Crippen LogP contribution in [0.1, 0.15) is 15.9 Å². The van der Waals surface area contributed by atoms with Crippen LogP contribution in [0.2, 0.25) is 0 Å². The number of aryl methyl sites for hydroxylation is 1. The second kappa shape index (κ2) is 6.08. The van der Waals surface area contributed by atoms with Gasteiger partial charge in [-0.3, -0.25) is 9.36 Å². The van der Waals surface area contributed by atoms with E-state index in [2.05, 4.69) is 5.32 Å². The van der Waals surface area contributed by atoms with Gasteiger partial charge in [-0.25, -0.2) is 9.18 Å². The van der Waals surface area contributed by atoms with E-state index in [1.165, 1.54) is 16.7 Å². The maximum Gasteiger partial charge on any atom is 0.419 e. The summed E-state index contributed by atoms with van der Waals surface area (Å²) in [5, 5.41) is 2.80. The lowest BCUT2D eigenvalue weighted by molar-refractivity contribution is 0.0954. The summed E-state index contributed by atoms with van der Waals surface area (Å²) in [6, 6.07) is 11.0. The zero-order chi connectivity index (χ0) is 16.4. The molecule has 0 aliphatic heterocycles. The van der Waals surface area contributed by atoms with Gasteiger partial charge in [-0.2, -0.15) is 0 Å². The van der Waals surface area contributed by atoms with E-state index in [1.54, 1.807) is 37.4 Å². The lowest BCUT2D eigenvalue weighted by Gasteiger charge is -2.06. The van der Waals surface area contributed by atoms with E-state index >= 15 is 0 Å². The van der Waals surface area contributed by atoms with Gasteiger partial charge in [0.2, 0.25) is 0 Å². The molecule has 1 N–H and O–H groups in total. The minimum Gasteiger partial charge on any atom is -0.408 e. The van der Waals surface area contributed by atoms with E-state index in [0.717, 1.165) is 5.56 Å². The van der Waals surface area contributed by atoms with Gasteiger partial charge >= 0.3 is 5.76 Å². The summed E-state index contributed by atoms with van der Waals surface area (Å²) >= 11 is 0. The van der Waals surface area contributed by atoms with Crippen molar-refractivity contribution in [2.45, 2.75) is 6.42 Å². The smallest absolute Gasteiger partial charge is 0.408 e. The first-order valence-corrected chi connectivity index (χ1v) is 7.17. The van der Waals surface area contributed by atoms with E-state index in [9.17, 15) is 14.0 Å². The van der Waals surface area contributed by atoms with Crippen LogP contribution in [-0.2, 0) is 13.5 Å². The largest absolute Gasteiger partial charge is 0.419 e. The topological polar surface area (TPSA) is 64.2 Å². The number of hydrogen-bond donors (Lipinski definition) is 1.